The van der Waals surface area contributed by atoms with Crippen LogP contribution in [0, 0.1) is 23.9 Å². The SMILES string of the molecule is CN[C@@H](C)C(=O)N[C@H](C(=O)N1CCC[C@H]1CN(CCc1ccccc1)C(=O)C(F)(F)F)[C@@H](C)OCC#CC#COC. The average Bonchev–Trinajstić information content (AvgIpc) is 3.42. The van der Waals surface area contributed by atoms with E-state index in [-0.39, 0.29) is 32.7 Å². The van der Waals surface area contributed by atoms with Gasteiger partial charge in [0.05, 0.1) is 19.3 Å². The lowest BCUT2D eigenvalue weighted by Crippen LogP contribution is -2.59. The third-order valence-corrected chi connectivity index (χ3v) is 6.72. The summed E-state index contributed by atoms with van der Waals surface area (Å²) in [5.41, 5.74) is 0.788. The molecule has 0 bridgehead atoms. The summed E-state index contributed by atoms with van der Waals surface area (Å²) >= 11 is 0. The first kappa shape index (κ1) is 33.5. The topological polar surface area (TPSA) is 100 Å². The Kier molecular flexibility index (Phi) is 13.5. The molecule has 2 N–H and O–H groups in total. The van der Waals surface area contributed by atoms with E-state index in [0.29, 0.717) is 12.8 Å². The van der Waals surface area contributed by atoms with Gasteiger partial charge in [0.2, 0.25) is 11.8 Å². The van der Waals surface area contributed by atoms with E-state index in [4.69, 9.17) is 4.74 Å². The molecule has 0 aliphatic carbocycles. The zero-order valence-electron chi connectivity index (χ0n) is 23.7. The zero-order valence-corrected chi connectivity index (χ0v) is 23.7. The Morgan fingerprint density at radius 2 is 1.88 bits per heavy atom. The molecule has 0 aromatic heterocycles. The van der Waals surface area contributed by atoms with E-state index in [1.807, 2.05) is 0 Å². The summed E-state index contributed by atoms with van der Waals surface area (Å²) in [4.78, 5) is 41.0. The lowest BCUT2D eigenvalue weighted by atomic mass is 10.1. The molecule has 2 rings (SSSR count). The molecule has 0 saturated carbocycles. The van der Waals surface area contributed by atoms with Crippen LogP contribution in [0.25, 0.3) is 0 Å². The van der Waals surface area contributed by atoms with Gasteiger partial charge in [-0.2, -0.15) is 13.2 Å². The van der Waals surface area contributed by atoms with Gasteiger partial charge >= 0.3 is 12.1 Å². The molecule has 3 amide bonds. The van der Waals surface area contributed by atoms with Gasteiger partial charge in [0.15, 0.2) is 0 Å². The summed E-state index contributed by atoms with van der Waals surface area (Å²) in [6, 6.07) is 6.47. The van der Waals surface area contributed by atoms with E-state index in [9.17, 15) is 27.6 Å². The van der Waals surface area contributed by atoms with Crippen molar-refractivity contribution in [1.82, 2.24) is 20.4 Å². The molecule has 1 heterocycles. The van der Waals surface area contributed by atoms with Gasteiger partial charge in [0.1, 0.15) is 18.8 Å². The predicted octanol–water partition coefficient (Wildman–Crippen LogP) is 1.72. The fourth-order valence-electron chi connectivity index (χ4n) is 4.33. The van der Waals surface area contributed by atoms with E-state index in [1.165, 1.54) is 12.0 Å². The number of halogens is 3. The normalized spacial score (nSPS) is 16.8. The van der Waals surface area contributed by atoms with Crippen LogP contribution in [0.4, 0.5) is 13.2 Å². The molecule has 0 radical (unpaired) electrons. The number of hydrogen-bond acceptors (Lipinski definition) is 6. The minimum Gasteiger partial charge on any atom is -0.449 e. The van der Waals surface area contributed by atoms with E-state index in [2.05, 4.69) is 39.2 Å². The van der Waals surface area contributed by atoms with Crippen LogP contribution in [0.5, 0.6) is 0 Å². The van der Waals surface area contributed by atoms with Crippen molar-refractivity contribution in [2.75, 3.05) is 40.4 Å². The fourth-order valence-corrected chi connectivity index (χ4v) is 4.33. The number of hydrogen-bond donors (Lipinski definition) is 2. The van der Waals surface area contributed by atoms with Gasteiger partial charge in [-0.25, -0.2) is 0 Å². The third-order valence-electron chi connectivity index (χ3n) is 6.72. The summed E-state index contributed by atoms with van der Waals surface area (Å²) in [5.74, 6) is 4.72. The standard InChI is InChI=1S/C29H37F3N4O5/c1-21(33-3)26(37)34-25(22(2)41-19-10-6-9-18-40-4)27(38)36-16-11-14-24(36)20-35(28(39)29(30,31)32)17-15-23-12-7-5-8-13-23/h5,7-8,12-13,21-22,24-25,33H,11,14-17,19-20H2,1-4H3,(H,34,37)/t21-,22+,24-,25-/m0/s1. The summed E-state index contributed by atoms with van der Waals surface area (Å²) in [7, 11) is 2.99. The van der Waals surface area contributed by atoms with Crippen molar-refractivity contribution in [3.05, 3.63) is 35.9 Å². The van der Waals surface area contributed by atoms with Crippen LogP contribution in [0.1, 0.15) is 32.3 Å². The van der Waals surface area contributed by atoms with Gasteiger partial charge in [-0.3, -0.25) is 14.4 Å². The Balaban J connectivity index is 2.23. The number of nitrogens with one attached hydrogen (secondary N) is 2. The lowest BCUT2D eigenvalue weighted by molar-refractivity contribution is -0.186. The molecular formula is C29H37F3N4O5. The molecule has 1 aliphatic rings. The molecule has 0 spiro atoms. The first-order valence-corrected chi connectivity index (χ1v) is 13.3. The van der Waals surface area contributed by atoms with Crippen LogP contribution in [0.3, 0.4) is 0 Å². The predicted molar refractivity (Wildman–Crippen MR) is 146 cm³/mol. The number of carbonyl (C=O) groups is 3. The Morgan fingerprint density at radius 1 is 1.17 bits per heavy atom. The van der Waals surface area contributed by atoms with Crippen molar-refractivity contribution in [3.8, 4) is 23.9 Å². The largest absolute Gasteiger partial charge is 0.471 e. The number of methoxy groups -OCH3 is 1. The maximum Gasteiger partial charge on any atom is 0.471 e. The number of nitrogens with zero attached hydrogens (tertiary/aromatic N) is 2. The van der Waals surface area contributed by atoms with Crippen molar-refractivity contribution < 1.29 is 37.0 Å². The van der Waals surface area contributed by atoms with Crippen LogP contribution >= 0.6 is 0 Å². The van der Waals surface area contributed by atoms with E-state index in [1.54, 1.807) is 51.2 Å². The second-order valence-corrected chi connectivity index (χ2v) is 9.56. The molecular weight excluding hydrogens is 541 g/mol. The molecule has 1 aromatic carbocycles. The number of likely N-dealkylation sites (tertiary alicyclic amines) is 1. The Hall–Kier alpha value is -3.74. The molecule has 0 unspecified atom stereocenters. The van der Waals surface area contributed by atoms with Gasteiger partial charge in [-0.05, 0) is 51.6 Å². The summed E-state index contributed by atoms with van der Waals surface area (Å²) in [6.45, 7) is 2.95. The number of alkyl halides is 3. The smallest absolute Gasteiger partial charge is 0.449 e. The number of carbonyl (C=O) groups excluding carboxylic acids is 3. The molecule has 1 aliphatic heterocycles. The Labute approximate surface area is 239 Å². The molecule has 224 valence electrons. The number of likely N-dealkylation sites (N-methyl/N-ethyl adjacent to an activating group) is 1. The number of benzene rings is 1. The molecule has 4 atom stereocenters. The van der Waals surface area contributed by atoms with Crippen molar-refractivity contribution in [1.29, 1.82) is 0 Å². The molecule has 1 fully saturated rings. The highest BCUT2D eigenvalue weighted by molar-refractivity contribution is 5.90. The molecule has 41 heavy (non-hydrogen) atoms. The van der Waals surface area contributed by atoms with Gasteiger partial charge in [0.25, 0.3) is 0 Å². The summed E-state index contributed by atoms with van der Waals surface area (Å²) in [6.07, 6.45) is -2.40. The van der Waals surface area contributed by atoms with Gasteiger partial charge in [0, 0.05) is 31.6 Å². The second kappa shape index (κ2) is 16.5. The Morgan fingerprint density at radius 3 is 2.51 bits per heavy atom. The monoisotopic (exact) mass is 578 g/mol. The van der Waals surface area contributed by atoms with Gasteiger partial charge in [-0.1, -0.05) is 36.3 Å². The summed E-state index contributed by atoms with van der Waals surface area (Å²) < 4.78 is 50.7. The first-order chi connectivity index (χ1) is 19.5. The van der Waals surface area contributed by atoms with Gasteiger partial charge < -0.3 is 29.9 Å². The highest BCUT2D eigenvalue weighted by atomic mass is 19.4. The maximum absolute atomic E-state index is 13.8. The highest BCUT2D eigenvalue weighted by Crippen LogP contribution is 2.24. The first-order valence-electron chi connectivity index (χ1n) is 13.3. The maximum atomic E-state index is 13.8. The van der Waals surface area contributed by atoms with Crippen LogP contribution in [0.15, 0.2) is 30.3 Å². The average molecular weight is 579 g/mol. The van der Waals surface area contributed by atoms with Crippen molar-refractivity contribution in [2.45, 2.75) is 63.5 Å². The number of amides is 3. The van der Waals surface area contributed by atoms with E-state index >= 15 is 0 Å². The summed E-state index contributed by atoms with van der Waals surface area (Å²) in [5, 5.41) is 5.50. The zero-order chi connectivity index (χ0) is 30.4. The van der Waals surface area contributed by atoms with Crippen molar-refractivity contribution >= 4 is 17.7 Å². The Bertz CT molecular complexity index is 1140. The minimum atomic E-state index is -5.05. The van der Waals surface area contributed by atoms with Gasteiger partial charge in [-0.15, -0.1) is 0 Å². The fraction of sp³-hybridized carbons (Fsp3) is 0.552. The van der Waals surface area contributed by atoms with Crippen LogP contribution < -0.4 is 10.6 Å². The van der Waals surface area contributed by atoms with E-state index in [0.717, 1.165) is 10.5 Å². The number of ether oxygens (including phenoxy) is 2. The van der Waals surface area contributed by atoms with Crippen LogP contribution in [-0.2, 0) is 30.3 Å². The molecule has 1 aromatic rings. The highest BCUT2D eigenvalue weighted by Gasteiger charge is 2.44. The van der Waals surface area contributed by atoms with Crippen molar-refractivity contribution in [3.63, 3.8) is 0 Å². The van der Waals surface area contributed by atoms with Crippen molar-refractivity contribution in [2.24, 2.45) is 0 Å². The van der Waals surface area contributed by atoms with Crippen LogP contribution in [0.2, 0.25) is 0 Å². The lowest BCUT2D eigenvalue weighted by Gasteiger charge is -2.35. The molecule has 9 nitrogen and oxygen atoms in total. The quantitative estimate of drug-likeness (QED) is 0.367. The molecule has 12 heteroatoms. The number of rotatable bonds is 12. The van der Waals surface area contributed by atoms with E-state index < -0.39 is 48.1 Å². The minimum absolute atomic E-state index is 0.0857. The third kappa shape index (κ3) is 10.6. The second-order valence-electron chi connectivity index (χ2n) is 9.56. The van der Waals surface area contributed by atoms with Crippen LogP contribution in [-0.4, -0.2) is 98.3 Å². The molecule has 1 saturated heterocycles.